The Morgan fingerprint density at radius 2 is 1.75 bits per heavy atom. The Balaban J connectivity index is 2.88. The van der Waals surface area contributed by atoms with Crippen molar-refractivity contribution in [3.63, 3.8) is 0 Å². The molecule has 1 saturated heterocycles. The molecule has 1 atom stereocenters. The van der Waals surface area contributed by atoms with Gasteiger partial charge in [-0.1, -0.05) is 0 Å². The molecule has 0 N–H and O–H groups in total. The summed E-state index contributed by atoms with van der Waals surface area (Å²) in [7, 11) is -1.70. The lowest BCUT2D eigenvalue weighted by Gasteiger charge is -2.18. The van der Waals surface area contributed by atoms with Gasteiger partial charge in [0.1, 0.15) is 6.04 Å². The Kier molecular flexibility index (Phi) is 3.80. The Morgan fingerprint density at radius 1 is 1.19 bits per heavy atom. The number of hydrogen-bond donors (Lipinski definition) is 0. The molecule has 1 heterocycles. The predicted octanol–water partition coefficient (Wildman–Crippen LogP) is -1.49. The smallest absolute Gasteiger partial charge is 0.296 e. The molecule has 0 spiro atoms. The van der Waals surface area contributed by atoms with Gasteiger partial charge in [0.25, 0.3) is 0 Å². The van der Waals surface area contributed by atoms with Crippen molar-refractivity contribution >= 4 is 22.3 Å². The van der Waals surface area contributed by atoms with Crippen molar-refractivity contribution < 1.29 is 36.4 Å². The van der Waals surface area contributed by atoms with Gasteiger partial charge in [-0.3, -0.25) is 14.7 Å². The minimum atomic E-state index is -4.69. The third kappa shape index (κ3) is 3.41. The van der Waals surface area contributed by atoms with E-state index in [9.17, 15) is 18.0 Å². The van der Waals surface area contributed by atoms with Crippen LogP contribution in [0.5, 0.6) is 0 Å². The molecule has 1 rings (SSSR count). The molecule has 0 aromatic heterocycles. The predicted molar refractivity (Wildman–Crippen MR) is 45.4 cm³/mol. The van der Waals surface area contributed by atoms with E-state index in [0.717, 1.165) is 0 Å². The van der Waals surface area contributed by atoms with E-state index in [1.807, 2.05) is 0 Å². The van der Waals surface area contributed by atoms with Crippen molar-refractivity contribution in [1.29, 1.82) is 0 Å². The zero-order valence-corrected chi connectivity index (χ0v) is 9.22. The second-order valence-corrected chi connectivity index (χ2v) is 4.17. The zero-order chi connectivity index (χ0) is 12.3. The number of hydrogen-bond acceptors (Lipinski definition) is 9. The molecule has 0 radical (unpaired) electrons. The number of carbonyl (C=O) groups excluding carboxylic acids is 2. The molecule has 0 aromatic rings. The highest BCUT2D eigenvalue weighted by Gasteiger charge is 2.33. The zero-order valence-electron chi connectivity index (χ0n) is 8.41. The largest absolute Gasteiger partial charge is 0.471 e. The van der Waals surface area contributed by atoms with Gasteiger partial charge < -0.3 is 0 Å². The summed E-state index contributed by atoms with van der Waals surface area (Å²) in [5.74, 6) is -2.08. The van der Waals surface area contributed by atoms with Gasteiger partial charge in [0.2, 0.25) is 0 Å². The summed E-state index contributed by atoms with van der Waals surface area (Å²) < 4.78 is 28.8. The van der Waals surface area contributed by atoms with E-state index in [1.165, 1.54) is 19.0 Å². The summed E-state index contributed by atoms with van der Waals surface area (Å²) in [5.41, 5.74) is 0. The van der Waals surface area contributed by atoms with E-state index in [-0.39, 0.29) is 0 Å². The topological polar surface area (TPSA) is 108 Å². The number of nitrogens with zero attached hydrogens (tertiary/aromatic N) is 1. The fourth-order valence-electron chi connectivity index (χ4n) is 0.890. The third-order valence-corrected chi connectivity index (χ3v) is 2.13. The van der Waals surface area contributed by atoms with Crippen LogP contribution in [0.3, 0.4) is 0 Å². The van der Waals surface area contributed by atoms with Gasteiger partial charge in [-0.2, -0.15) is 8.42 Å². The van der Waals surface area contributed by atoms with E-state index in [2.05, 4.69) is 18.4 Å². The fourth-order valence-corrected chi connectivity index (χ4v) is 1.22. The molecule has 16 heavy (non-hydrogen) atoms. The number of likely N-dealkylation sites (N-methyl/N-ethyl adjacent to an activating group) is 1. The van der Waals surface area contributed by atoms with Crippen molar-refractivity contribution in [2.45, 2.75) is 12.5 Å². The van der Waals surface area contributed by atoms with Gasteiger partial charge in [-0.05, 0) is 22.8 Å². The maximum absolute atomic E-state index is 11.3. The van der Waals surface area contributed by atoms with Gasteiger partial charge in [-0.25, -0.2) is 9.59 Å². The quantitative estimate of drug-likeness (QED) is 0.518. The van der Waals surface area contributed by atoms with Crippen LogP contribution in [-0.4, -0.2) is 45.4 Å². The minimum absolute atomic E-state index is 0.426. The first-order chi connectivity index (χ1) is 7.32. The third-order valence-electron chi connectivity index (χ3n) is 1.67. The average molecular weight is 255 g/mol. The SMILES string of the molecule is CN(C)C1CC(=O)OOS(=O)(=O)OOC1=O. The van der Waals surface area contributed by atoms with Crippen LogP contribution in [0, 0.1) is 0 Å². The monoisotopic (exact) mass is 255 g/mol. The lowest BCUT2D eigenvalue weighted by Crippen LogP contribution is -2.38. The molecule has 0 aliphatic carbocycles. The van der Waals surface area contributed by atoms with E-state index in [4.69, 9.17) is 0 Å². The van der Waals surface area contributed by atoms with Crippen LogP contribution >= 0.6 is 0 Å². The normalized spacial score (nSPS) is 26.3. The Bertz CT molecular complexity index is 387. The fraction of sp³-hybridized carbons (Fsp3) is 0.667. The molecule has 0 bridgehead atoms. The molecular weight excluding hydrogens is 246 g/mol. The molecule has 1 aliphatic rings. The summed E-state index contributed by atoms with van der Waals surface area (Å²) in [6.07, 6.45) is -0.426. The van der Waals surface area contributed by atoms with Gasteiger partial charge in [0.05, 0.1) is 6.42 Å². The maximum atomic E-state index is 11.3. The van der Waals surface area contributed by atoms with Crippen LogP contribution in [0.15, 0.2) is 0 Å². The number of rotatable bonds is 1. The first kappa shape index (κ1) is 12.8. The molecule has 9 nitrogen and oxygen atoms in total. The summed E-state index contributed by atoms with van der Waals surface area (Å²) in [6, 6.07) is -1.02. The van der Waals surface area contributed by atoms with Crippen molar-refractivity contribution in [2.24, 2.45) is 0 Å². The lowest BCUT2D eigenvalue weighted by atomic mass is 10.2. The van der Waals surface area contributed by atoms with Gasteiger partial charge >= 0.3 is 22.3 Å². The van der Waals surface area contributed by atoms with Crippen molar-refractivity contribution in [2.75, 3.05) is 14.1 Å². The lowest BCUT2D eigenvalue weighted by molar-refractivity contribution is -0.240. The van der Waals surface area contributed by atoms with Gasteiger partial charge in [-0.15, -0.1) is 0 Å². The standard InChI is InChI=1S/C6H9NO8S/c1-7(2)4-3-5(8)12-14-16(10,11)15-13-6(4)9/h4H,3H2,1-2H3. The Hall–Kier alpha value is -1.23. The Labute approximate surface area is 91.0 Å². The van der Waals surface area contributed by atoms with Crippen LogP contribution in [0.25, 0.3) is 0 Å². The van der Waals surface area contributed by atoms with E-state index < -0.39 is 34.8 Å². The van der Waals surface area contributed by atoms with Crippen LogP contribution < -0.4 is 0 Å². The van der Waals surface area contributed by atoms with Crippen molar-refractivity contribution in [1.82, 2.24) is 4.90 Å². The summed E-state index contributed by atoms with van der Waals surface area (Å²) >= 11 is 0. The number of carbonyl (C=O) groups is 2. The second kappa shape index (κ2) is 4.74. The van der Waals surface area contributed by atoms with Gasteiger partial charge in [0, 0.05) is 0 Å². The van der Waals surface area contributed by atoms with E-state index >= 15 is 0 Å². The maximum Gasteiger partial charge on any atom is 0.471 e. The molecule has 10 heteroatoms. The van der Waals surface area contributed by atoms with Gasteiger partial charge in [0.15, 0.2) is 0 Å². The molecule has 1 aliphatic heterocycles. The van der Waals surface area contributed by atoms with Crippen LogP contribution in [0.4, 0.5) is 0 Å². The molecule has 0 aromatic carbocycles. The highest BCUT2D eigenvalue weighted by atomic mass is 32.3. The highest BCUT2D eigenvalue weighted by Crippen LogP contribution is 2.10. The van der Waals surface area contributed by atoms with Crippen LogP contribution in [0.2, 0.25) is 0 Å². The molecule has 1 fully saturated rings. The average Bonchev–Trinajstić information content (AvgIpc) is 2.23. The molecule has 0 saturated carbocycles. The highest BCUT2D eigenvalue weighted by molar-refractivity contribution is 7.81. The summed E-state index contributed by atoms with van der Waals surface area (Å²) in [5, 5.41) is 0. The Morgan fingerprint density at radius 3 is 2.31 bits per heavy atom. The first-order valence-corrected chi connectivity index (χ1v) is 5.35. The van der Waals surface area contributed by atoms with E-state index in [1.54, 1.807) is 0 Å². The van der Waals surface area contributed by atoms with E-state index in [0.29, 0.717) is 0 Å². The van der Waals surface area contributed by atoms with Crippen LogP contribution in [-0.2, 0) is 38.4 Å². The molecule has 92 valence electrons. The molecular formula is C6H9NO8S. The minimum Gasteiger partial charge on any atom is -0.296 e. The molecule has 1 unspecified atom stereocenters. The van der Waals surface area contributed by atoms with Crippen LogP contribution in [0.1, 0.15) is 6.42 Å². The first-order valence-electron chi connectivity index (χ1n) is 4.02. The molecule has 0 amide bonds. The second-order valence-electron chi connectivity index (χ2n) is 3.09. The van der Waals surface area contributed by atoms with Crippen molar-refractivity contribution in [3.05, 3.63) is 0 Å². The summed E-state index contributed by atoms with van der Waals surface area (Å²) in [6.45, 7) is 0. The summed E-state index contributed by atoms with van der Waals surface area (Å²) in [4.78, 5) is 31.5. The van der Waals surface area contributed by atoms with Crippen molar-refractivity contribution in [3.8, 4) is 0 Å².